The first-order chi connectivity index (χ1) is 10.9. The van der Waals surface area contributed by atoms with Crippen LogP contribution in [0, 0.1) is 17.2 Å². The zero-order valence-electron chi connectivity index (χ0n) is 13.8. The lowest BCUT2D eigenvalue weighted by Gasteiger charge is -2.54. The molecular weight excluding hydrogens is 292 g/mol. The van der Waals surface area contributed by atoms with Crippen molar-refractivity contribution in [1.29, 1.82) is 5.26 Å². The maximum absolute atomic E-state index is 12.3. The van der Waals surface area contributed by atoms with Crippen LogP contribution in [0.25, 0.3) is 0 Å². The Morgan fingerprint density at radius 2 is 2.17 bits per heavy atom. The Morgan fingerprint density at radius 3 is 2.87 bits per heavy atom. The van der Waals surface area contributed by atoms with Crippen LogP contribution in [-0.4, -0.2) is 47.3 Å². The van der Waals surface area contributed by atoms with Gasteiger partial charge in [-0.25, -0.2) is 4.79 Å². The van der Waals surface area contributed by atoms with Crippen molar-refractivity contribution in [1.82, 2.24) is 9.88 Å². The highest BCUT2D eigenvalue weighted by atomic mass is 16.6. The van der Waals surface area contributed by atoms with Gasteiger partial charge in [-0.3, -0.25) is 4.98 Å². The first-order valence-corrected chi connectivity index (χ1v) is 7.97. The summed E-state index contributed by atoms with van der Waals surface area (Å²) in [5.41, 5.74) is 1.04. The van der Waals surface area contributed by atoms with E-state index in [2.05, 4.69) is 16.0 Å². The zero-order valence-corrected chi connectivity index (χ0v) is 13.8. The second kappa shape index (κ2) is 5.73. The fourth-order valence-corrected chi connectivity index (χ4v) is 3.23. The van der Waals surface area contributed by atoms with Gasteiger partial charge in [-0.15, -0.1) is 0 Å². The fourth-order valence-electron chi connectivity index (χ4n) is 3.23. The number of nitriles is 1. The molecule has 1 aromatic heterocycles. The number of ether oxygens (including phenoxy) is 1. The molecule has 0 N–H and O–H groups in total. The molecule has 122 valence electrons. The van der Waals surface area contributed by atoms with E-state index in [1.165, 1.54) is 0 Å². The van der Waals surface area contributed by atoms with Crippen molar-refractivity contribution < 1.29 is 9.53 Å². The number of piperidine rings is 1. The van der Waals surface area contributed by atoms with Crippen LogP contribution in [0.5, 0.6) is 0 Å². The smallest absolute Gasteiger partial charge is 0.410 e. The maximum Gasteiger partial charge on any atom is 0.410 e. The Labute approximate surface area is 136 Å². The second-order valence-electron chi connectivity index (χ2n) is 7.24. The molecule has 2 aliphatic rings. The van der Waals surface area contributed by atoms with Gasteiger partial charge in [0.1, 0.15) is 11.7 Å². The SMILES string of the molecule is CC(C)(C)OC(=O)N1CC[C@H]2CN(c3cncc(C#N)c3)[C@H]2C1. The van der Waals surface area contributed by atoms with E-state index in [1.807, 2.05) is 26.8 Å². The third-order valence-electron chi connectivity index (χ3n) is 4.39. The Morgan fingerprint density at radius 1 is 1.39 bits per heavy atom. The number of carbonyl (C=O) groups is 1. The summed E-state index contributed by atoms with van der Waals surface area (Å²) in [4.78, 5) is 20.4. The monoisotopic (exact) mass is 314 g/mol. The Balaban J connectivity index is 1.68. The van der Waals surface area contributed by atoms with Crippen molar-refractivity contribution in [2.75, 3.05) is 24.5 Å². The highest BCUT2D eigenvalue weighted by Crippen LogP contribution is 2.36. The van der Waals surface area contributed by atoms with Crippen molar-refractivity contribution in [2.45, 2.75) is 38.8 Å². The molecule has 0 aliphatic carbocycles. The molecule has 23 heavy (non-hydrogen) atoms. The highest BCUT2D eigenvalue weighted by molar-refractivity contribution is 5.68. The van der Waals surface area contributed by atoms with Crippen LogP contribution in [-0.2, 0) is 4.74 Å². The van der Waals surface area contributed by atoms with E-state index in [1.54, 1.807) is 17.3 Å². The number of anilines is 1. The van der Waals surface area contributed by atoms with Crippen LogP contribution in [0.4, 0.5) is 10.5 Å². The maximum atomic E-state index is 12.3. The molecule has 2 atom stereocenters. The van der Waals surface area contributed by atoms with Gasteiger partial charge in [-0.2, -0.15) is 5.26 Å². The molecule has 1 aromatic rings. The van der Waals surface area contributed by atoms with Gasteiger partial charge in [-0.05, 0) is 33.3 Å². The first kappa shape index (κ1) is 15.6. The van der Waals surface area contributed by atoms with E-state index < -0.39 is 5.60 Å². The first-order valence-electron chi connectivity index (χ1n) is 7.97. The number of nitrogens with zero attached hydrogens (tertiary/aromatic N) is 4. The topological polar surface area (TPSA) is 69.5 Å². The van der Waals surface area contributed by atoms with Gasteiger partial charge in [0.15, 0.2) is 0 Å². The average molecular weight is 314 g/mol. The van der Waals surface area contributed by atoms with Crippen molar-refractivity contribution in [3.8, 4) is 6.07 Å². The Kier molecular flexibility index (Phi) is 3.88. The molecule has 3 heterocycles. The van der Waals surface area contributed by atoms with E-state index in [-0.39, 0.29) is 12.1 Å². The second-order valence-corrected chi connectivity index (χ2v) is 7.24. The van der Waals surface area contributed by atoms with E-state index in [9.17, 15) is 4.79 Å². The molecule has 6 nitrogen and oxygen atoms in total. The number of pyridine rings is 1. The number of hydrogen-bond acceptors (Lipinski definition) is 5. The van der Waals surface area contributed by atoms with Gasteiger partial charge in [0.2, 0.25) is 0 Å². The molecule has 1 amide bonds. The van der Waals surface area contributed by atoms with Crippen molar-refractivity contribution in [3.63, 3.8) is 0 Å². The molecule has 0 bridgehead atoms. The number of rotatable bonds is 1. The average Bonchev–Trinajstić information content (AvgIpc) is 2.47. The summed E-state index contributed by atoms with van der Waals surface area (Å²) in [5, 5.41) is 9.01. The van der Waals surface area contributed by atoms with Gasteiger partial charge in [-0.1, -0.05) is 0 Å². The predicted octanol–water partition coefficient (Wildman–Crippen LogP) is 2.40. The van der Waals surface area contributed by atoms with Crippen LogP contribution in [0.2, 0.25) is 0 Å². The number of carbonyl (C=O) groups excluding carboxylic acids is 1. The summed E-state index contributed by atoms with van der Waals surface area (Å²) in [5.74, 6) is 0.597. The van der Waals surface area contributed by atoms with Gasteiger partial charge in [0.05, 0.1) is 23.5 Å². The molecule has 2 saturated heterocycles. The number of fused-ring (bicyclic) bond motifs is 1. The van der Waals surface area contributed by atoms with Crippen LogP contribution in [0.3, 0.4) is 0 Å². The van der Waals surface area contributed by atoms with Crippen molar-refractivity contribution >= 4 is 11.8 Å². The Bertz CT molecular complexity index is 647. The summed E-state index contributed by atoms with van der Waals surface area (Å²) >= 11 is 0. The molecule has 2 fully saturated rings. The van der Waals surface area contributed by atoms with Crippen molar-refractivity contribution in [2.24, 2.45) is 5.92 Å². The predicted molar refractivity (Wildman–Crippen MR) is 86.0 cm³/mol. The summed E-state index contributed by atoms with van der Waals surface area (Å²) in [7, 11) is 0. The minimum Gasteiger partial charge on any atom is -0.444 e. The summed E-state index contributed by atoms with van der Waals surface area (Å²) in [6.45, 7) is 8.02. The number of hydrogen-bond donors (Lipinski definition) is 0. The zero-order chi connectivity index (χ0) is 16.6. The Hall–Kier alpha value is -2.29. The van der Waals surface area contributed by atoms with Crippen LogP contribution in [0.1, 0.15) is 32.8 Å². The van der Waals surface area contributed by atoms with Gasteiger partial charge >= 0.3 is 6.09 Å². The van der Waals surface area contributed by atoms with E-state index in [4.69, 9.17) is 10.00 Å². The standard InChI is InChI=1S/C17H22N4O2/c1-17(2,3)23-16(22)20-5-4-13-10-21(15(13)11-20)14-6-12(7-18)8-19-9-14/h6,8-9,13,15H,4-5,10-11H2,1-3H3/t13-,15-/m0/s1. The molecular formula is C17H22N4O2. The van der Waals surface area contributed by atoms with E-state index in [0.717, 1.165) is 25.2 Å². The van der Waals surface area contributed by atoms with E-state index in [0.29, 0.717) is 18.0 Å². The lowest BCUT2D eigenvalue weighted by atomic mass is 9.82. The third kappa shape index (κ3) is 3.24. The molecule has 0 spiro atoms. The van der Waals surface area contributed by atoms with Gasteiger partial charge in [0, 0.05) is 31.7 Å². The number of likely N-dealkylation sites (tertiary alicyclic amines) is 1. The number of amides is 1. The van der Waals surface area contributed by atoms with Crippen LogP contribution < -0.4 is 4.90 Å². The molecule has 2 aliphatic heterocycles. The summed E-state index contributed by atoms with van der Waals surface area (Å²) in [6, 6.07) is 4.26. The number of aromatic nitrogens is 1. The molecule has 0 saturated carbocycles. The fraction of sp³-hybridized carbons (Fsp3) is 0.588. The molecule has 0 radical (unpaired) electrons. The minimum atomic E-state index is -0.474. The van der Waals surface area contributed by atoms with Crippen LogP contribution in [0.15, 0.2) is 18.5 Å². The third-order valence-corrected chi connectivity index (χ3v) is 4.39. The molecule has 6 heteroatoms. The lowest BCUT2D eigenvalue weighted by Crippen LogP contribution is -2.65. The summed E-state index contributed by atoms with van der Waals surface area (Å²) in [6.07, 6.45) is 4.09. The molecule has 0 unspecified atom stereocenters. The van der Waals surface area contributed by atoms with Crippen molar-refractivity contribution in [3.05, 3.63) is 24.0 Å². The normalized spacial score (nSPS) is 23.6. The quantitative estimate of drug-likeness (QED) is 0.796. The van der Waals surface area contributed by atoms with Gasteiger partial charge < -0.3 is 14.5 Å². The largest absolute Gasteiger partial charge is 0.444 e. The van der Waals surface area contributed by atoms with Gasteiger partial charge in [0.25, 0.3) is 0 Å². The minimum absolute atomic E-state index is 0.244. The summed E-state index contributed by atoms with van der Waals surface area (Å²) < 4.78 is 5.48. The molecule has 3 rings (SSSR count). The van der Waals surface area contributed by atoms with E-state index >= 15 is 0 Å². The van der Waals surface area contributed by atoms with Crippen LogP contribution >= 0.6 is 0 Å². The lowest BCUT2D eigenvalue weighted by molar-refractivity contribution is 0.0107. The highest BCUT2D eigenvalue weighted by Gasteiger charge is 2.44. The molecule has 0 aromatic carbocycles.